The molecule has 0 aliphatic heterocycles. The molecule has 4 nitrogen and oxygen atoms in total. The maximum atomic E-state index is 13.7. The summed E-state index contributed by atoms with van der Waals surface area (Å²) in [5.74, 6) is -0.988. The lowest BCUT2D eigenvalue weighted by molar-refractivity contribution is -0.137. The van der Waals surface area contributed by atoms with Crippen molar-refractivity contribution in [3.63, 3.8) is 0 Å². The molecule has 0 aromatic heterocycles. The number of hydrogen-bond acceptors (Lipinski definition) is 2. The molecule has 0 spiro atoms. The van der Waals surface area contributed by atoms with Crippen LogP contribution >= 0.6 is 0 Å². The Morgan fingerprint density at radius 1 is 1.13 bits per heavy atom. The molecule has 0 saturated heterocycles. The van der Waals surface area contributed by atoms with Crippen molar-refractivity contribution in [1.29, 1.82) is 0 Å². The SMILES string of the molecule is O=C(O)CCCCCCNC(=O)C1(Cc2ccccc2F)CC1. The Morgan fingerprint density at radius 3 is 2.48 bits per heavy atom. The molecule has 0 radical (unpaired) electrons. The maximum absolute atomic E-state index is 13.7. The number of halogens is 1. The van der Waals surface area contributed by atoms with Gasteiger partial charge in [-0.3, -0.25) is 9.59 Å². The monoisotopic (exact) mass is 321 g/mol. The van der Waals surface area contributed by atoms with Crippen molar-refractivity contribution in [3.8, 4) is 0 Å². The Labute approximate surface area is 136 Å². The molecule has 1 saturated carbocycles. The number of amides is 1. The van der Waals surface area contributed by atoms with E-state index in [0.717, 1.165) is 32.1 Å². The van der Waals surface area contributed by atoms with Crippen LogP contribution in [-0.2, 0) is 16.0 Å². The molecule has 0 bridgehead atoms. The number of nitrogens with one attached hydrogen (secondary N) is 1. The standard InChI is InChI=1S/C18H24FNO3/c19-15-8-5-4-7-14(15)13-18(10-11-18)17(23)20-12-6-2-1-3-9-16(21)22/h4-5,7-8H,1-3,6,9-13H2,(H,20,23)(H,21,22). The van der Waals surface area contributed by atoms with Crippen molar-refractivity contribution in [1.82, 2.24) is 5.32 Å². The summed E-state index contributed by atoms with van der Waals surface area (Å²) >= 11 is 0. The summed E-state index contributed by atoms with van der Waals surface area (Å²) in [5, 5.41) is 11.5. The van der Waals surface area contributed by atoms with Crippen LogP contribution in [0.15, 0.2) is 24.3 Å². The molecule has 5 heteroatoms. The lowest BCUT2D eigenvalue weighted by Crippen LogP contribution is -2.34. The quantitative estimate of drug-likeness (QED) is 0.650. The van der Waals surface area contributed by atoms with Crippen LogP contribution in [0, 0.1) is 11.2 Å². The van der Waals surface area contributed by atoms with Gasteiger partial charge < -0.3 is 10.4 Å². The zero-order valence-corrected chi connectivity index (χ0v) is 13.3. The van der Waals surface area contributed by atoms with Crippen molar-refractivity contribution >= 4 is 11.9 Å². The Kier molecular flexibility index (Phi) is 6.13. The molecule has 126 valence electrons. The molecule has 0 heterocycles. The highest BCUT2D eigenvalue weighted by Gasteiger charge is 2.49. The number of carboxylic acids is 1. The first-order chi connectivity index (χ1) is 11.0. The van der Waals surface area contributed by atoms with Crippen molar-refractivity contribution in [2.45, 2.75) is 51.4 Å². The topological polar surface area (TPSA) is 66.4 Å². The van der Waals surface area contributed by atoms with Crippen LogP contribution in [0.2, 0.25) is 0 Å². The van der Waals surface area contributed by atoms with E-state index in [2.05, 4.69) is 5.32 Å². The summed E-state index contributed by atoms with van der Waals surface area (Å²) in [5.41, 5.74) is 0.180. The van der Waals surface area contributed by atoms with E-state index in [1.807, 2.05) is 0 Å². The number of hydrogen-bond donors (Lipinski definition) is 2. The van der Waals surface area contributed by atoms with E-state index in [0.29, 0.717) is 24.9 Å². The summed E-state index contributed by atoms with van der Waals surface area (Å²) in [7, 11) is 0. The Balaban J connectivity index is 1.67. The van der Waals surface area contributed by atoms with Gasteiger partial charge in [-0.15, -0.1) is 0 Å². The van der Waals surface area contributed by atoms with E-state index in [9.17, 15) is 14.0 Å². The normalized spacial score (nSPS) is 15.2. The van der Waals surface area contributed by atoms with E-state index in [1.165, 1.54) is 6.07 Å². The van der Waals surface area contributed by atoms with Gasteiger partial charge in [0.15, 0.2) is 0 Å². The van der Waals surface area contributed by atoms with Crippen LogP contribution in [0.4, 0.5) is 4.39 Å². The minimum absolute atomic E-state index is 0.0197. The fraction of sp³-hybridized carbons (Fsp3) is 0.556. The maximum Gasteiger partial charge on any atom is 0.303 e. The highest BCUT2D eigenvalue weighted by atomic mass is 19.1. The second-order valence-electron chi connectivity index (χ2n) is 6.36. The van der Waals surface area contributed by atoms with Crippen LogP contribution in [0.5, 0.6) is 0 Å². The van der Waals surface area contributed by atoms with Crippen LogP contribution in [0.1, 0.15) is 50.5 Å². The fourth-order valence-electron chi connectivity index (χ4n) is 2.79. The molecule has 2 rings (SSSR count). The zero-order chi connectivity index (χ0) is 16.7. The lowest BCUT2D eigenvalue weighted by atomic mass is 9.95. The summed E-state index contributed by atoms with van der Waals surface area (Å²) in [4.78, 5) is 22.7. The Morgan fingerprint density at radius 2 is 1.83 bits per heavy atom. The molecule has 1 fully saturated rings. The summed E-state index contributed by atoms with van der Waals surface area (Å²) in [6, 6.07) is 6.62. The number of benzene rings is 1. The molecule has 0 unspecified atom stereocenters. The van der Waals surface area contributed by atoms with Crippen molar-refractivity contribution in [3.05, 3.63) is 35.6 Å². The van der Waals surface area contributed by atoms with Gasteiger partial charge in [-0.05, 0) is 43.7 Å². The van der Waals surface area contributed by atoms with Crippen molar-refractivity contribution < 1.29 is 19.1 Å². The first kappa shape index (κ1) is 17.4. The van der Waals surface area contributed by atoms with E-state index in [4.69, 9.17) is 5.11 Å². The number of carboxylic acid groups (broad SMARTS) is 1. The van der Waals surface area contributed by atoms with Gasteiger partial charge >= 0.3 is 5.97 Å². The van der Waals surface area contributed by atoms with Gasteiger partial charge in [-0.25, -0.2) is 4.39 Å². The van der Waals surface area contributed by atoms with Gasteiger partial charge in [0.2, 0.25) is 5.91 Å². The summed E-state index contributed by atoms with van der Waals surface area (Å²) < 4.78 is 13.7. The van der Waals surface area contributed by atoms with Crippen LogP contribution in [-0.4, -0.2) is 23.5 Å². The third-order valence-electron chi connectivity index (χ3n) is 4.42. The minimum atomic E-state index is -0.762. The zero-order valence-electron chi connectivity index (χ0n) is 13.3. The molecule has 0 atom stereocenters. The third kappa shape index (κ3) is 5.34. The Bertz CT molecular complexity index is 555. The number of carbonyl (C=O) groups excluding carboxylic acids is 1. The van der Waals surface area contributed by atoms with E-state index < -0.39 is 11.4 Å². The number of unbranched alkanes of at least 4 members (excludes halogenated alkanes) is 3. The highest BCUT2D eigenvalue weighted by molar-refractivity contribution is 5.85. The molecule has 1 amide bonds. The first-order valence-electron chi connectivity index (χ1n) is 8.27. The average Bonchev–Trinajstić information content (AvgIpc) is 3.29. The van der Waals surface area contributed by atoms with E-state index in [1.54, 1.807) is 18.2 Å². The van der Waals surface area contributed by atoms with Crippen LogP contribution in [0.3, 0.4) is 0 Å². The Hall–Kier alpha value is -1.91. The summed E-state index contributed by atoms with van der Waals surface area (Å²) in [6.45, 7) is 0.602. The van der Waals surface area contributed by atoms with Gasteiger partial charge in [0.1, 0.15) is 5.82 Å². The number of rotatable bonds is 10. The number of aliphatic carboxylic acids is 1. The van der Waals surface area contributed by atoms with Crippen LogP contribution < -0.4 is 5.32 Å². The van der Waals surface area contributed by atoms with E-state index in [-0.39, 0.29) is 18.1 Å². The molecule has 1 aromatic rings. The van der Waals surface area contributed by atoms with Gasteiger partial charge in [0.05, 0.1) is 5.41 Å². The number of carbonyl (C=O) groups is 2. The van der Waals surface area contributed by atoms with Gasteiger partial charge in [-0.2, -0.15) is 0 Å². The largest absolute Gasteiger partial charge is 0.481 e. The van der Waals surface area contributed by atoms with E-state index >= 15 is 0 Å². The summed E-state index contributed by atoms with van der Waals surface area (Å²) in [6.07, 6.45) is 5.60. The predicted molar refractivity (Wildman–Crippen MR) is 85.5 cm³/mol. The molecule has 23 heavy (non-hydrogen) atoms. The second kappa shape index (κ2) is 8.09. The van der Waals surface area contributed by atoms with Gasteiger partial charge in [-0.1, -0.05) is 31.0 Å². The highest BCUT2D eigenvalue weighted by Crippen LogP contribution is 2.48. The average molecular weight is 321 g/mol. The van der Waals surface area contributed by atoms with Crippen molar-refractivity contribution in [2.24, 2.45) is 5.41 Å². The third-order valence-corrected chi connectivity index (χ3v) is 4.42. The van der Waals surface area contributed by atoms with Crippen LogP contribution in [0.25, 0.3) is 0 Å². The molecule has 1 aliphatic carbocycles. The minimum Gasteiger partial charge on any atom is -0.481 e. The van der Waals surface area contributed by atoms with Crippen molar-refractivity contribution in [2.75, 3.05) is 6.54 Å². The fourth-order valence-corrected chi connectivity index (χ4v) is 2.79. The predicted octanol–water partition coefficient (Wildman–Crippen LogP) is 3.30. The molecule has 2 N–H and O–H groups in total. The first-order valence-corrected chi connectivity index (χ1v) is 8.27. The molecule has 1 aromatic carbocycles. The molecular weight excluding hydrogens is 297 g/mol. The second-order valence-corrected chi connectivity index (χ2v) is 6.36. The van der Waals surface area contributed by atoms with Gasteiger partial charge in [0.25, 0.3) is 0 Å². The smallest absolute Gasteiger partial charge is 0.303 e. The lowest BCUT2D eigenvalue weighted by Gasteiger charge is -2.15. The molecular formula is C18H24FNO3. The molecule has 1 aliphatic rings. The van der Waals surface area contributed by atoms with Gasteiger partial charge in [0, 0.05) is 13.0 Å².